The predicted octanol–water partition coefficient (Wildman–Crippen LogP) is 4.20. The fourth-order valence-electron chi connectivity index (χ4n) is 1.75. The van der Waals surface area contributed by atoms with Crippen molar-refractivity contribution >= 4 is 11.6 Å². The minimum absolute atomic E-state index is 0.134. The maximum Gasteiger partial charge on any atom is 0.255 e. The number of carbonyl (C=O) groups is 1. The van der Waals surface area contributed by atoms with Crippen LogP contribution in [0.25, 0.3) is 0 Å². The first-order valence-corrected chi connectivity index (χ1v) is 6.80. The summed E-state index contributed by atoms with van der Waals surface area (Å²) in [7, 11) is 0. The van der Waals surface area contributed by atoms with Crippen molar-refractivity contribution in [2.45, 2.75) is 13.8 Å². The maximum atomic E-state index is 12.1. The lowest BCUT2D eigenvalue weighted by molar-refractivity contribution is 0.102. The highest BCUT2D eigenvalue weighted by Crippen LogP contribution is 2.15. The second kappa shape index (κ2) is 6.75. The molecule has 0 aromatic heterocycles. The van der Waals surface area contributed by atoms with Gasteiger partial charge in [-0.15, -0.1) is 0 Å². The van der Waals surface area contributed by atoms with Crippen LogP contribution >= 0.6 is 0 Å². The summed E-state index contributed by atoms with van der Waals surface area (Å²) >= 11 is 0. The van der Waals surface area contributed by atoms with Gasteiger partial charge in [0.1, 0.15) is 12.4 Å². The van der Waals surface area contributed by atoms with Crippen molar-refractivity contribution in [2.75, 3.05) is 11.9 Å². The molecule has 108 valence electrons. The van der Waals surface area contributed by atoms with Crippen LogP contribution in [-0.2, 0) is 0 Å². The first-order chi connectivity index (χ1) is 10.0. The Bertz CT molecular complexity index is 627. The van der Waals surface area contributed by atoms with E-state index >= 15 is 0 Å². The van der Waals surface area contributed by atoms with Gasteiger partial charge in [0.05, 0.1) is 0 Å². The van der Waals surface area contributed by atoms with E-state index in [4.69, 9.17) is 4.74 Å². The van der Waals surface area contributed by atoms with Gasteiger partial charge in [0.2, 0.25) is 0 Å². The molecule has 0 aliphatic heterocycles. The van der Waals surface area contributed by atoms with Crippen LogP contribution in [0.1, 0.15) is 22.8 Å². The number of benzene rings is 2. The molecular weight excluding hydrogens is 262 g/mol. The monoisotopic (exact) mass is 281 g/mol. The SMILES string of the molecule is C=C(C)COc1ccc(C(=O)Nc2ccc(C)cc2)cc1. The standard InChI is InChI=1S/C18H19NO2/c1-13(2)12-21-17-10-6-15(7-11-17)18(20)19-16-8-4-14(3)5-9-16/h4-11H,1,12H2,2-3H3,(H,19,20). The molecule has 0 saturated heterocycles. The van der Waals surface area contributed by atoms with Gasteiger partial charge in [0, 0.05) is 11.3 Å². The zero-order valence-electron chi connectivity index (χ0n) is 12.3. The summed E-state index contributed by atoms with van der Waals surface area (Å²) in [6.45, 7) is 8.18. The topological polar surface area (TPSA) is 38.3 Å². The lowest BCUT2D eigenvalue weighted by atomic mass is 10.2. The molecule has 0 aliphatic rings. The average Bonchev–Trinajstić information content (AvgIpc) is 2.48. The molecule has 2 aromatic rings. The van der Waals surface area contributed by atoms with E-state index in [0.29, 0.717) is 12.2 Å². The minimum Gasteiger partial charge on any atom is -0.489 e. The second-order valence-corrected chi connectivity index (χ2v) is 5.09. The number of rotatable bonds is 5. The largest absolute Gasteiger partial charge is 0.489 e. The Morgan fingerprint density at radius 2 is 1.71 bits per heavy atom. The fourth-order valence-corrected chi connectivity index (χ4v) is 1.75. The number of amides is 1. The van der Waals surface area contributed by atoms with Crippen LogP contribution in [0.3, 0.4) is 0 Å². The van der Waals surface area contributed by atoms with E-state index < -0.39 is 0 Å². The van der Waals surface area contributed by atoms with E-state index in [9.17, 15) is 4.79 Å². The van der Waals surface area contributed by atoms with E-state index in [-0.39, 0.29) is 5.91 Å². The third-order valence-electron chi connectivity index (χ3n) is 2.91. The van der Waals surface area contributed by atoms with Crippen molar-refractivity contribution in [3.63, 3.8) is 0 Å². The molecule has 0 unspecified atom stereocenters. The molecule has 0 spiro atoms. The molecule has 0 aliphatic carbocycles. The van der Waals surface area contributed by atoms with Crippen LogP contribution in [0.4, 0.5) is 5.69 Å². The number of anilines is 1. The molecular formula is C18H19NO2. The number of nitrogens with one attached hydrogen (secondary N) is 1. The van der Waals surface area contributed by atoms with Gasteiger partial charge in [-0.25, -0.2) is 0 Å². The molecule has 0 heterocycles. The van der Waals surface area contributed by atoms with Gasteiger partial charge in [-0.1, -0.05) is 24.3 Å². The Kier molecular flexibility index (Phi) is 4.77. The van der Waals surface area contributed by atoms with Crippen molar-refractivity contribution < 1.29 is 9.53 Å². The Balaban J connectivity index is 1.99. The van der Waals surface area contributed by atoms with Gasteiger partial charge < -0.3 is 10.1 Å². The van der Waals surface area contributed by atoms with E-state index in [1.165, 1.54) is 0 Å². The van der Waals surface area contributed by atoms with E-state index in [2.05, 4.69) is 11.9 Å². The van der Waals surface area contributed by atoms with Crippen LogP contribution in [0, 0.1) is 6.92 Å². The fraction of sp³-hybridized carbons (Fsp3) is 0.167. The van der Waals surface area contributed by atoms with Gasteiger partial charge in [-0.05, 0) is 55.8 Å². The molecule has 3 nitrogen and oxygen atoms in total. The van der Waals surface area contributed by atoms with Crippen molar-refractivity contribution in [3.05, 3.63) is 71.8 Å². The average molecular weight is 281 g/mol. The third kappa shape index (κ3) is 4.49. The summed E-state index contributed by atoms with van der Waals surface area (Å²) in [6, 6.07) is 14.8. The predicted molar refractivity (Wildman–Crippen MR) is 85.9 cm³/mol. The van der Waals surface area contributed by atoms with E-state index in [1.807, 2.05) is 38.1 Å². The molecule has 2 rings (SSSR count). The molecule has 3 heteroatoms. The normalized spacial score (nSPS) is 10.0. The molecule has 0 saturated carbocycles. The van der Waals surface area contributed by atoms with Crippen molar-refractivity contribution in [2.24, 2.45) is 0 Å². The molecule has 1 N–H and O–H groups in total. The molecule has 0 atom stereocenters. The number of ether oxygens (including phenoxy) is 1. The summed E-state index contributed by atoms with van der Waals surface area (Å²) in [5, 5.41) is 2.86. The van der Waals surface area contributed by atoms with Gasteiger partial charge >= 0.3 is 0 Å². The molecule has 2 aromatic carbocycles. The maximum absolute atomic E-state index is 12.1. The van der Waals surface area contributed by atoms with Crippen LogP contribution in [0.2, 0.25) is 0 Å². The van der Waals surface area contributed by atoms with E-state index in [1.54, 1.807) is 24.3 Å². The Labute approximate surface area is 125 Å². The highest BCUT2D eigenvalue weighted by atomic mass is 16.5. The molecule has 0 fully saturated rings. The zero-order valence-corrected chi connectivity index (χ0v) is 12.3. The van der Waals surface area contributed by atoms with E-state index in [0.717, 1.165) is 22.6 Å². The van der Waals surface area contributed by atoms with Crippen LogP contribution in [-0.4, -0.2) is 12.5 Å². The Morgan fingerprint density at radius 3 is 2.29 bits per heavy atom. The molecule has 0 bridgehead atoms. The molecule has 1 amide bonds. The summed E-state index contributed by atoms with van der Waals surface area (Å²) in [6.07, 6.45) is 0. The van der Waals surface area contributed by atoms with Crippen LogP contribution < -0.4 is 10.1 Å². The Hall–Kier alpha value is -2.55. The summed E-state index contributed by atoms with van der Waals surface area (Å²) < 4.78 is 5.50. The second-order valence-electron chi connectivity index (χ2n) is 5.09. The van der Waals surface area contributed by atoms with Crippen molar-refractivity contribution in [1.82, 2.24) is 0 Å². The van der Waals surface area contributed by atoms with Gasteiger partial charge in [0.15, 0.2) is 0 Å². The number of carbonyl (C=O) groups excluding carboxylic acids is 1. The van der Waals surface area contributed by atoms with Gasteiger partial charge in [-0.2, -0.15) is 0 Å². The number of hydrogen-bond acceptors (Lipinski definition) is 2. The third-order valence-corrected chi connectivity index (χ3v) is 2.91. The highest BCUT2D eigenvalue weighted by Gasteiger charge is 2.06. The van der Waals surface area contributed by atoms with Crippen molar-refractivity contribution in [1.29, 1.82) is 0 Å². The highest BCUT2D eigenvalue weighted by molar-refractivity contribution is 6.04. The van der Waals surface area contributed by atoms with Gasteiger partial charge in [0.25, 0.3) is 5.91 Å². The quantitative estimate of drug-likeness (QED) is 0.834. The van der Waals surface area contributed by atoms with Crippen LogP contribution in [0.5, 0.6) is 5.75 Å². The lowest BCUT2D eigenvalue weighted by Crippen LogP contribution is -2.11. The number of hydrogen-bond donors (Lipinski definition) is 1. The number of aryl methyl sites for hydroxylation is 1. The van der Waals surface area contributed by atoms with Crippen molar-refractivity contribution in [3.8, 4) is 5.75 Å². The molecule has 21 heavy (non-hydrogen) atoms. The van der Waals surface area contributed by atoms with Crippen LogP contribution in [0.15, 0.2) is 60.7 Å². The summed E-state index contributed by atoms with van der Waals surface area (Å²) in [5.74, 6) is 0.593. The zero-order chi connectivity index (χ0) is 15.2. The summed E-state index contributed by atoms with van der Waals surface area (Å²) in [5.41, 5.74) is 3.50. The summed E-state index contributed by atoms with van der Waals surface area (Å²) in [4.78, 5) is 12.1. The smallest absolute Gasteiger partial charge is 0.255 e. The molecule has 0 radical (unpaired) electrons. The lowest BCUT2D eigenvalue weighted by Gasteiger charge is -2.08. The van der Waals surface area contributed by atoms with Gasteiger partial charge in [-0.3, -0.25) is 4.79 Å². The Morgan fingerprint density at radius 1 is 1.10 bits per heavy atom. The minimum atomic E-state index is -0.134. The first-order valence-electron chi connectivity index (χ1n) is 6.80. The first kappa shape index (κ1) is 14.9.